The first-order valence-electron chi connectivity index (χ1n) is 6.18. The zero-order valence-electron chi connectivity index (χ0n) is 11.0. The van der Waals surface area contributed by atoms with Crippen molar-refractivity contribution < 1.29 is 19.4 Å². The van der Waals surface area contributed by atoms with Crippen LogP contribution in [-0.2, 0) is 14.3 Å². The van der Waals surface area contributed by atoms with Gasteiger partial charge in [0.05, 0.1) is 5.92 Å². The molecule has 0 aliphatic heterocycles. The van der Waals surface area contributed by atoms with Crippen LogP contribution in [-0.4, -0.2) is 37.2 Å². The minimum Gasteiger partial charge on any atom is -0.481 e. The molecule has 0 aliphatic carbocycles. The van der Waals surface area contributed by atoms with Gasteiger partial charge in [0.2, 0.25) is 5.91 Å². The second-order valence-corrected chi connectivity index (χ2v) is 4.20. The second kappa shape index (κ2) is 8.26. The van der Waals surface area contributed by atoms with Gasteiger partial charge in [-0.1, -0.05) is 30.3 Å². The Balaban J connectivity index is 2.47. The van der Waals surface area contributed by atoms with Crippen LogP contribution < -0.4 is 5.32 Å². The van der Waals surface area contributed by atoms with E-state index in [-0.39, 0.29) is 12.5 Å². The topological polar surface area (TPSA) is 75.6 Å². The number of aliphatic carboxylic acids is 1. The van der Waals surface area contributed by atoms with Crippen molar-refractivity contribution >= 4 is 11.9 Å². The lowest BCUT2D eigenvalue weighted by molar-refractivity contribution is -0.138. The Morgan fingerprint density at radius 2 is 2.00 bits per heavy atom. The van der Waals surface area contributed by atoms with E-state index in [1.165, 1.54) is 0 Å². The van der Waals surface area contributed by atoms with Crippen molar-refractivity contribution in [3.63, 3.8) is 0 Å². The lowest BCUT2D eigenvalue weighted by Crippen LogP contribution is -2.31. The highest BCUT2D eigenvalue weighted by molar-refractivity contribution is 5.79. The smallest absolute Gasteiger partial charge is 0.312 e. The molecule has 0 radical (unpaired) electrons. The fraction of sp³-hybridized carbons (Fsp3) is 0.429. The zero-order valence-corrected chi connectivity index (χ0v) is 11.0. The summed E-state index contributed by atoms with van der Waals surface area (Å²) in [6.07, 6.45) is 0.973. The van der Waals surface area contributed by atoms with E-state index in [1.54, 1.807) is 31.4 Å². The zero-order chi connectivity index (χ0) is 14.1. The third kappa shape index (κ3) is 5.52. The molecule has 1 atom stereocenters. The minimum atomic E-state index is -0.941. The molecule has 1 aromatic rings. The number of nitrogens with one attached hydrogen (secondary N) is 1. The van der Waals surface area contributed by atoms with Crippen LogP contribution in [0.3, 0.4) is 0 Å². The molecule has 0 spiro atoms. The fourth-order valence-electron chi connectivity index (χ4n) is 1.71. The Labute approximate surface area is 112 Å². The first-order valence-corrected chi connectivity index (χ1v) is 6.18. The number of hydrogen-bond acceptors (Lipinski definition) is 3. The third-order valence-corrected chi connectivity index (χ3v) is 2.76. The quantitative estimate of drug-likeness (QED) is 0.697. The van der Waals surface area contributed by atoms with Gasteiger partial charge >= 0.3 is 5.97 Å². The number of carboxylic acids is 1. The molecule has 2 N–H and O–H groups in total. The van der Waals surface area contributed by atoms with Crippen molar-refractivity contribution in [2.45, 2.75) is 18.8 Å². The maximum absolute atomic E-state index is 11.5. The van der Waals surface area contributed by atoms with Crippen LogP contribution in [0, 0.1) is 0 Å². The molecular weight excluding hydrogens is 246 g/mol. The minimum absolute atomic E-state index is 0.102. The number of rotatable bonds is 8. The maximum atomic E-state index is 11.5. The summed E-state index contributed by atoms with van der Waals surface area (Å²) in [6.45, 7) is 0.625. The van der Waals surface area contributed by atoms with Crippen molar-refractivity contribution in [2.75, 3.05) is 20.3 Å². The molecule has 0 heterocycles. The molecule has 5 heteroatoms. The van der Waals surface area contributed by atoms with E-state index in [0.717, 1.165) is 0 Å². The summed E-state index contributed by atoms with van der Waals surface area (Å²) in [7, 11) is 1.58. The Hall–Kier alpha value is -1.88. The molecule has 1 rings (SSSR count). The van der Waals surface area contributed by atoms with Gasteiger partial charge in [0.25, 0.3) is 0 Å². The number of hydrogen-bond donors (Lipinski definition) is 2. The Kier molecular flexibility index (Phi) is 6.60. The first-order chi connectivity index (χ1) is 9.15. The predicted octanol–water partition coefficient (Wildman–Crippen LogP) is 1.40. The van der Waals surface area contributed by atoms with E-state index in [2.05, 4.69) is 5.32 Å². The highest BCUT2D eigenvalue weighted by atomic mass is 16.5. The molecule has 0 bridgehead atoms. The highest BCUT2D eigenvalue weighted by Gasteiger charge is 2.20. The Bertz CT molecular complexity index is 405. The molecule has 0 saturated carbocycles. The van der Waals surface area contributed by atoms with Gasteiger partial charge in [-0.25, -0.2) is 0 Å². The van der Waals surface area contributed by atoms with Crippen LogP contribution in [0.1, 0.15) is 24.3 Å². The molecule has 0 aliphatic rings. The van der Waals surface area contributed by atoms with E-state index < -0.39 is 11.9 Å². The van der Waals surface area contributed by atoms with Gasteiger partial charge in [0, 0.05) is 26.7 Å². The molecule has 1 aromatic carbocycles. The summed E-state index contributed by atoms with van der Waals surface area (Å²) < 4.78 is 4.85. The average Bonchev–Trinajstić information content (AvgIpc) is 2.40. The van der Waals surface area contributed by atoms with Gasteiger partial charge in [0.15, 0.2) is 0 Å². The van der Waals surface area contributed by atoms with Crippen LogP contribution in [0.5, 0.6) is 0 Å². The van der Waals surface area contributed by atoms with Gasteiger partial charge in [-0.2, -0.15) is 0 Å². The summed E-state index contributed by atoms with van der Waals surface area (Å²) in [5, 5.41) is 11.8. The standard InChI is InChI=1S/C14H19NO4/c1-19-9-5-8-13(16)15-10-12(14(17)18)11-6-3-2-4-7-11/h2-4,6-7,12H,5,8-10H2,1H3,(H,15,16)(H,17,18). The SMILES string of the molecule is COCCCC(=O)NCC(C(=O)O)c1ccccc1. The summed E-state index contributed by atoms with van der Waals surface area (Å²) in [5.41, 5.74) is 0.687. The van der Waals surface area contributed by atoms with E-state index in [9.17, 15) is 14.7 Å². The average molecular weight is 265 g/mol. The second-order valence-electron chi connectivity index (χ2n) is 4.20. The number of carboxylic acid groups (broad SMARTS) is 1. The Morgan fingerprint density at radius 1 is 1.32 bits per heavy atom. The molecule has 0 fully saturated rings. The highest BCUT2D eigenvalue weighted by Crippen LogP contribution is 2.14. The summed E-state index contributed by atoms with van der Waals surface area (Å²) >= 11 is 0. The largest absolute Gasteiger partial charge is 0.481 e. The van der Waals surface area contributed by atoms with Crippen molar-refractivity contribution in [3.05, 3.63) is 35.9 Å². The maximum Gasteiger partial charge on any atom is 0.312 e. The van der Waals surface area contributed by atoms with Gasteiger partial charge in [-0.15, -0.1) is 0 Å². The van der Waals surface area contributed by atoms with E-state index in [4.69, 9.17) is 4.74 Å². The van der Waals surface area contributed by atoms with E-state index >= 15 is 0 Å². The molecule has 1 amide bonds. The lowest BCUT2D eigenvalue weighted by atomic mass is 9.99. The van der Waals surface area contributed by atoms with Crippen LogP contribution >= 0.6 is 0 Å². The van der Waals surface area contributed by atoms with Crippen molar-refractivity contribution in [3.8, 4) is 0 Å². The monoisotopic (exact) mass is 265 g/mol. The molecular formula is C14H19NO4. The number of amides is 1. The number of ether oxygens (including phenoxy) is 1. The summed E-state index contributed by atoms with van der Waals surface area (Å²) in [6, 6.07) is 8.88. The van der Waals surface area contributed by atoms with Gasteiger partial charge in [-0.3, -0.25) is 9.59 Å². The van der Waals surface area contributed by atoms with Gasteiger partial charge < -0.3 is 15.2 Å². The summed E-state index contributed by atoms with van der Waals surface area (Å²) in [5.74, 6) is -1.81. The lowest BCUT2D eigenvalue weighted by Gasteiger charge is -2.13. The molecule has 0 saturated heterocycles. The number of methoxy groups -OCH3 is 1. The number of carbonyl (C=O) groups is 2. The van der Waals surface area contributed by atoms with Crippen LogP contribution in [0.2, 0.25) is 0 Å². The number of carbonyl (C=O) groups excluding carboxylic acids is 1. The van der Waals surface area contributed by atoms with E-state index in [0.29, 0.717) is 25.0 Å². The van der Waals surface area contributed by atoms with Crippen molar-refractivity contribution in [1.29, 1.82) is 0 Å². The molecule has 1 unspecified atom stereocenters. The molecule has 104 valence electrons. The van der Waals surface area contributed by atoms with Crippen LogP contribution in [0.25, 0.3) is 0 Å². The van der Waals surface area contributed by atoms with Crippen LogP contribution in [0.4, 0.5) is 0 Å². The number of benzene rings is 1. The third-order valence-electron chi connectivity index (χ3n) is 2.76. The molecule has 0 aromatic heterocycles. The van der Waals surface area contributed by atoms with Crippen molar-refractivity contribution in [2.24, 2.45) is 0 Å². The van der Waals surface area contributed by atoms with Gasteiger partial charge in [-0.05, 0) is 12.0 Å². The molecule has 19 heavy (non-hydrogen) atoms. The van der Waals surface area contributed by atoms with Gasteiger partial charge in [0.1, 0.15) is 0 Å². The first kappa shape index (κ1) is 15.2. The van der Waals surface area contributed by atoms with Crippen LogP contribution in [0.15, 0.2) is 30.3 Å². The normalized spacial score (nSPS) is 11.8. The predicted molar refractivity (Wildman–Crippen MR) is 70.9 cm³/mol. The Morgan fingerprint density at radius 3 is 2.58 bits per heavy atom. The van der Waals surface area contributed by atoms with E-state index in [1.807, 2.05) is 6.07 Å². The summed E-state index contributed by atoms with van der Waals surface area (Å²) in [4.78, 5) is 22.7. The molecule has 5 nitrogen and oxygen atoms in total. The van der Waals surface area contributed by atoms with Crippen molar-refractivity contribution in [1.82, 2.24) is 5.32 Å². The fourth-order valence-corrected chi connectivity index (χ4v) is 1.71.